The van der Waals surface area contributed by atoms with Gasteiger partial charge in [-0.1, -0.05) is 0 Å². The third kappa shape index (κ3) is 2.99. The molecule has 4 bridgehead atoms. The van der Waals surface area contributed by atoms with Crippen LogP contribution in [0.1, 0.15) is 56.7 Å². The Morgan fingerprint density at radius 1 is 1.26 bits per heavy atom. The number of nitrogens with zero attached hydrogens (tertiary/aromatic N) is 2. The van der Waals surface area contributed by atoms with E-state index in [-0.39, 0.29) is 23.9 Å². The minimum atomic E-state index is -4.64. The maximum Gasteiger partial charge on any atom is 0.436 e. The number of rotatable bonds is 3. The van der Waals surface area contributed by atoms with Gasteiger partial charge in [0.2, 0.25) is 0 Å². The highest BCUT2D eigenvalue weighted by Crippen LogP contribution is 2.55. The van der Waals surface area contributed by atoms with Crippen molar-refractivity contribution in [3.63, 3.8) is 0 Å². The molecular weight excluding hydrogens is 363 g/mol. The molecule has 5 atom stereocenters. The quantitative estimate of drug-likeness (QED) is 0.837. The molecule has 1 aromatic rings. The fraction of sp³-hybridized carbons (Fsp3) is 0.778. The van der Waals surface area contributed by atoms with E-state index in [1.807, 2.05) is 0 Å². The molecule has 0 spiro atoms. The number of alkyl halides is 3. The summed E-state index contributed by atoms with van der Waals surface area (Å²) in [4.78, 5) is 12.4. The summed E-state index contributed by atoms with van der Waals surface area (Å²) in [7, 11) is 0. The Kier molecular flexibility index (Phi) is 3.61. The van der Waals surface area contributed by atoms with E-state index in [2.05, 4.69) is 10.4 Å². The lowest BCUT2D eigenvalue weighted by atomic mass is 9.52. The molecule has 5 saturated carbocycles. The molecule has 9 heteroatoms. The second-order valence-electron chi connectivity index (χ2n) is 8.78. The molecule has 6 rings (SSSR count). The molecule has 0 aliphatic heterocycles. The monoisotopic (exact) mass is 385 g/mol. The summed E-state index contributed by atoms with van der Waals surface area (Å²) in [6, 6.07) is -0.422. The number of ether oxygens (including phenoxy) is 1. The predicted molar refractivity (Wildman–Crippen MR) is 87.0 cm³/mol. The van der Waals surface area contributed by atoms with E-state index in [4.69, 9.17) is 4.74 Å². The number of amides is 1. The summed E-state index contributed by atoms with van der Waals surface area (Å²) < 4.78 is 46.2. The summed E-state index contributed by atoms with van der Waals surface area (Å²) >= 11 is 0. The summed E-state index contributed by atoms with van der Waals surface area (Å²) in [5.74, 6) is 0.250. The summed E-state index contributed by atoms with van der Waals surface area (Å²) in [6.07, 6.45) is 0.733. The lowest BCUT2D eigenvalue weighted by molar-refractivity contribution is -0.145. The van der Waals surface area contributed by atoms with E-state index in [1.165, 1.54) is 0 Å². The third-order valence-corrected chi connectivity index (χ3v) is 6.65. The number of carbonyl (C=O) groups is 1. The molecule has 1 amide bonds. The van der Waals surface area contributed by atoms with Gasteiger partial charge in [0, 0.05) is 6.04 Å². The van der Waals surface area contributed by atoms with Gasteiger partial charge in [0.25, 0.3) is 0 Å². The van der Waals surface area contributed by atoms with Crippen LogP contribution in [0.25, 0.3) is 0 Å². The number of carbonyl (C=O) groups excluding carboxylic acids is 1. The molecule has 0 aromatic carbocycles. The normalized spacial score (nSPS) is 37.5. The van der Waals surface area contributed by atoms with E-state index in [0.29, 0.717) is 31.6 Å². The van der Waals surface area contributed by atoms with Crippen LogP contribution in [0.15, 0.2) is 6.20 Å². The minimum absolute atomic E-state index is 0.151. The second kappa shape index (κ2) is 5.62. The van der Waals surface area contributed by atoms with Crippen LogP contribution in [0, 0.1) is 17.8 Å². The molecule has 2 N–H and O–H groups in total. The van der Waals surface area contributed by atoms with Gasteiger partial charge in [-0.05, 0) is 62.7 Å². The van der Waals surface area contributed by atoms with Crippen molar-refractivity contribution in [1.82, 2.24) is 15.1 Å². The van der Waals surface area contributed by atoms with Gasteiger partial charge < -0.3 is 15.2 Å². The molecule has 5 fully saturated rings. The van der Waals surface area contributed by atoms with Gasteiger partial charge in [0.15, 0.2) is 11.4 Å². The third-order valence-electron chi connectivity index (χ3n) is 6.65. The van der Waals surface area contributed by atoms with Crippen LogP contribution in [0.5, 0.6) is 5.75 Å². The van der Waals surface area contributed by atoms with Crippen LogP contribution in [0.2, 0.25) is 0 Å². The Balaban J connectivity index is 1.31. The fourth-order valence-corrected chi connectivity index (χ4v) is 5.77. The summed E-state index contributed by atoms with van der Waals surface area (Å²) in [5, 5.41) is 17.2. The Bertz CT molecular complexity index is 758. The van der Waals surface area contributed by atoms with Crippen molar-refractivity contribution >= 4 is 6.09 Å². The van der Waals surface area contributed by atoms with Crippen molar-refractivity contribution in [1.29, 1.82) is 0 Å². The van der Waals surface area contributed by atoms with Gasteiger partial charge in [0.05, 0.1) is 17.8 Å². The van der Waals surface area contributed by atoms with E-state index >= 15 is 0 Å². The highest BCUT2D eigenvalue weighted by Gasteiger charge is 2.55. The van der Waals surface area contributed by atoms with E-state index < -0.39 is 29.3 Å². The van der Waals surface area contributed by atoms with Crippen molar-refractivity contribution in [3.05, 3.63) is 11.9 Å². The average Bonchev–Trinajstić information content (AvgIpc) is 3.29. The smallest absolute Gasteiger partial charge is 0.406 e. The zero-order valence-electron chi connectivity index (χ0n) is 14.7. The number of hydrogen-bond acceptors (Lipinski definition) is 4. The first-order chi connectivity index (χ1) is 12.7. The Labute approximate surface area is 154 Å². The molecule has 148 valence electrons. The first kappa shape index (κ1) is 17.3. The molecule has 6 nitrogen and oxygen atoms in total. The number of aliphatic hydroxyl groups is 1. The van der Waals surface area contributed by atoms with E-state index in [9.17, 15) is 23.1 Å². The molecule has 27 heavy (non-hydrogen) atoms. The van der Waals surface area contributed by atoms with Crippen molar-refractivity contribution in [2.45, 2.75) is 68.8 Å². The molecule has 1 aromatic heterocycles. The maximum atomic E-state index is 13.4. The second-order valence-corrected chi connectivity index (χ2v) is 8.78. The first-order valence-electron chi connectivity index (χ1n) is 9.57. The number of nitrogens with one attached hydrogen (secondary N) is 1. The van der Waals surface area contributed by atoms with Gasteiger partial charge in [0.1, 0.15) is 0 Å². The minimum Gasteiger partial charge on any atom is -0.406 e. The summed E-state index contributed by atoms with van der Waals surface area (Å²) in [5.41, 5.74) is -1.63. The van der Waals surface area contributed by atoms with Crippen LogP contribution in [-0.2, 0) is 6.18 Å². The fourth-order valence-electron chi connectivity index (χ4n) is 5.77. The Morgan fingerprint density at radius 3 is 2.48 bits per heavy atom. The van der Waals surface area contributed by atoms with Gasteiger partial charge in [-0.2, -0.15) is 18.3 Å². The van der Waals surface area contributed by atoms with Crippen molar-refractivity contribution in [2.75, 3.05) is 0 Å². The number of aromatic nitrogens is 2. The SMILES string of the molecule is O=C(NC1[C@@H]2CC3C[C@H]1CC(O)(C3)C2)Oc1cnn(C2CC2)c1C(F)(F)F. The topological polar surface area (TPSA) is 76.4 Å². The van der Waals surface area contributed by atoms with Crippen LogP contribution in [0.3, 0.4) is 0 Å². The van der Waals surface area contributed by atoms with Crippen molar-refractivity contribution in [2.24, 2.45) is 17.8 Å². The van der Waals surface area contributed by atoms with Crippen molar-refractivity contribution < 1.29 is 27.8 Å². The molecule has 1 heterocycles. The molecule has 5 aliphatic carbocycles. The lowest BCUT2D eigenvalue weighted by Gasteiger charge is -2.57. The highest BCUT2D eigenvalue weighted by molar-refractivity contribution is 5.71. The van der Waals surface area contributed by atoms with Gasteiger partial charge in [-0.25, -0.2) is 4.79 Å². The van der Waals surface area contributed by atoms with Gasteiger partial charge in [-0.15, -0.1) is 0 Å². The van der Waals surface area contributed by atoms with Crippen LogP contribution >= 0.6 is 0 Å². The Hall–Kier alpha value is -1.77. The largest absolute Gasteiger partial charge is 0.436 e. The van der Waals surface area contributed by atoms with Gasteiger partial charge >= 0.3 is 12.3 Å². The standard InChI is InChI=1S/C18H22F3N3O3/c19-18(20,21)15-13(8-22-24(15)12-1-2-12)27-16(25)23-14-10-3-9-4-11(14)7-17(26,5-9)6-10/h8-12,14,26H,1-7H2,(H,23,25)/t9?,10-,11+,14?,17?. The van der Waals surface area contributed by atoms with Crippen molar-refractivity contribution in [3.8, 4) is 5.75 Å². The summed E-state index contributed by atoms with van der Waals surface area (Å²) in [6.45, 7) is 0. The molecule has 3 unspecified atom stereocenters. The Morgan fingerprint density at radius 2 is 1.93 bits per heavy atom. The van der Waals surface area contributed by atoms with E-state index in [0.717, 1.165) is 30.1 Å². The predicted octanol–water partition coefficient (Wildman–Crippen LogP) is 3.26. The van der Waals surface area contributed by atoms with Crippen LogP contribution < -0.4 is 10.1 Å². The van der Waals surface area contributed by atoms with E-state index in [1.54, 1.807) is 0 Å². The van der Waals surface area contributed by atoms with Gasteiger partial charge in [-0.3, -0.25) is 4.68 Å². The molecular formula is C18H22F3N3O3. The van der Waals surface area contributed by atoms with Crippen LogP contribution in [0.4, 0.5) is 18.0 Å². The average molecular weight is 385 g/mol. The number of hydrogen-bond donors (Lipinski definition) is 2. The lowest BCUT2D eigenvalue weighted by Crippen LogP contribution is -2.61. The number of halogens is 3. The van der Waals surface area contributed by atoms with Crippen LogP contribution in [-0.4, -0.2) is 32.6 Å². The zero-order valence-corrected chi connectivity index (χ0v) is 14.7. The molecule has 0 saturated heterocycles. The molecule has 0 radical (unpaired) electrons. The molecule has 5 aliphatic rings. The zero-order chi connectivity index (χ0) is 19.0. The maximum absolute atomic E-state index is 13.4. The highest BCUT2D eigenvalue weighted by atomic mass is 19.4. The first-order valence-corrected chi connectivity index (χ1v) is 9.57.